The number of hydrogen-bond donors (Lipinski definition) is 1. The largest absolute Gasteiger partial charge is 0.463 e. The van der Waals surface area contributed by atoms with Gasteiger partial charge in [0.25, 0.3) is 5.91 Å². The Morgan fingerprint density at radius 2 is 1.80 bits per heavy atom. The summed E-state index contributed by atoms with van der Waals surface area (Å²) in [7, 11) is 0. The van der Waals surface area contributed by atoms with Gasteiger partial charge in [-0.2, -0.15) is 5.10 Å². The van der Waals surface area contributed by atoms with Gasteiger partial charge in [-0.1, -0.05) is 42.1 Å². The number of para-hydroxylation sites is 1. The molecule has 0 saturated heterocycles. The van der Waals surface area contributed by atoms with Crippen molar-refractivity contribution in [2.45, 2.75) is 9.79 Å². The van der Waals surface area contributed by atoms with Gasteiger partial charge in [0.05, 0.1) is 18.1 Å². The van der Waals surface area contributed by atoms with Crippen LogP contribution in [-0.4, -0.2) is 20.5 Å². The molecular formula is C23H16N4O2S. The molecular weight excluding hydrogens is 396 g/mol. The summed E-state index contributed by atoms with van der Waals surface area (Å²) in [6.45, 7) is 0. The second-order valence-corrected chi connectivity index (χ2v) is 7.58. The molecule has 0 aliphatic rings. The van der Waals surface area contributed by atoms with E-state index in [1.165, 1.54) is 6.20 Å². The van der Waals surface area contributed by atoms with Gasteiger partial charge < -0.3 is 9.73 Å². The molecule has 7 heteroatoms. The predicted octanol–water partition coefficient (Wildman–Crippen LogP) is 5.39. The van der Waals surface area contributed by atoms with Crippen molar-refractivity contribution >= 4 is 29.0 Å². The first-order valence-corrected chi connectivity index (χ1v) is 10.1. The highest BCUT2D eigenvalue weighted by molar-refractivity contribution is 7.99. The number of hydrogen-bond acceptors (Lipinski definition) is 5. The van der Waals surface area contributed by atoms with E-state index in [4.69, 9.17) is 4.42 Å². The van der Waals surface area contributed by atoms with Gasteiger partial charge in [0.1, 0.15) is 11.3 Å². The van der Waals surface area contributed by atoms with Crippen molar-refractivity contribution in [3.05, 3.63) is 97.0 Å². The number of aromatic nitrogens is 3. The minimum atomic E-state index is -0.268. The van der Waals surface area contributed by atoms with Crippen LogP contribution in [0.4, 0.5) is 5.69 Å². The summed E-state index contributed by atoms with van der Waals surface area (Å²) in [5, 5.41) is 7.36. The molecule has 5 aromatic rings. The summed E-state index contributed by atoms with van der Waals surface area (Å²) in [5.74, 6) is 0.386. The molecule has 6 nitrogen and oxygen atoms in total. The number of carbonyl (C=O) groups is 1. The van der Waals surface area contributed by atoms with Crippen LogP contribution in [0.1, 0.15) is 10.4 Å². The topological polar surface area (TPSA) is 72.4 Å². The molecule has 0 fully saturated rings. The smallest absolute Gasteiger partial charge is 0.261 e. The summed E-state index contributed by atoms with van der Waals surface area (Å²) in [6, 6.07) is 23.2. The third-order valence-corrected chi connectivity index (χ3v) is 5.61. The zero-order valence-electron chi connectivity index (χ0n) is 15.7. The minimum Gasteiger partial charge on any atom is -0.463 e. The number of rotatable bonds is 5. The highest BCUT2D eigenvalue weighted by atomic mass is 32.2. The van der Waals surface area contributed by atoms with Crippen LogP contribution in [0.15, 0.2) is 106 Å². The molecule has 0 spiro atoms. The van der Waals surface area contributed by atoms with Gasteiger partial charge in [0.2, 0.25) is 0 Å². The lowest BCUT2D eigenvalue weighted by Crippen LogP contribution is -2.12. The molecule has 30 heavy (non-hydrogen) atoms. The number of furan rings is 1. The van der Waals surface area contributed by atoms with Crippen molar-refractivity contribution < 1.29 is 9.21 Å². The maximum Gasteiger partial charge on any atom is 0.261 e. The Bertz CT molecular complexity index is 1310. The SMILES string of the molecule is O=C(Nc1ccccc1Sc1ccccc1)c1cnn2c(-c3ccco3)ccnc12. The second kappa shape index (κ2) is 7.88. The van der Waals surface area contributed by atoms with Crippen LogP contribution in [0.5, 0.6) is 0 Å². The molecule has 0 aliphatic carbocycles. The Kier molecular flexibility index (Phi) is 4.78. The molecule has 1 amide bonds. The highest BCUT2D eigenvalue weighted by Gasteiger charge is 2.18. The van der Waals surface area contributed by atoms with Crippen molar-refractivity contribution in [3.8, 4) is 11.5 Å². The normalized spacial score (nSPS) is 10.9. The first kappa shape index (κ1) is 18.2. The Labute approximate surface area is 176 Å². The molecule has 5 rings (SSSR count). The molecule has 3 heterocycles. The van der Waals surface area contributed by atoms with E-state index < -0.39 is 0 Å². The molecule has 0 aliphatic heterocycles. The van der Waals surface area contributed by atoms with Gasteiger partial charge in [-0.3, -0.25) is 4.79 Å². The summed E-state index contributed by atoms with van der Waals surface area (Å²) >= 11 is 1.59. The summed E-state index contributed by atoms with van der Waals surface area (Å²) in [6.07, 6.45) is 4.77. The van der Waals surface area contributed by atoms with E-state index in [0.29, 0.717) is 17.0 Å². The van der Waals surface area contributed by atoms with Crippen LogP contribution in [0.2, 0.25) is 0 Å². The average molecular weight is 412 g/mol. The lowest BCUT2D eigenvalue weighted by atomic mass is 10.2. The van der Waals surface area contributed by atoms with Crippen molar-refractivity contribution in [3.63, 3.8) is 0 Å². The third kappa shape index (κ3) is 3.46. The Hall–Kier alpha value is -3.84. The maximum atomic E-state index is 13.1. The van der Waals surface area contributed by atoms with E-state index in [-0.39, 0.29) is 5.91 Å². The number of nitrogens with zero attached hydrogens (tertiary/aromatic N) is 3. The van der Waals surface area contributed by atoms with Crippen molar-refractivity contribution in [1.29, 1.82) is 0 Å². The minimum absolute atomic E-state index is 0.268. The number of amides is 1. The summed E-state index contributed by atoms with van der Waals surface area (Å²) in [4.78, 5) is 19.5. The van der Waals surface area contributed by atoms with Gasteiger partial charge >= 0.3 is 0 Å². The van der Waals surface area contributed by atoms with Crippen LogP contribution < -0.4 is 5.32 Å². The number of carbonyl (C=O) groups excluding carboxylic acids is 1. The monoisotopic (exact) mass is 412 g/mol. The van der Waals surface area contributed by atoms with E-state index in [0.717, 1.165) is 21.2 Å². The standard InChI is InChI=1S/C23H16N4O2S/c28-23(26-18-9-4-5-11-21(18)30-16-7-2-1-3-8-16)17-15-25-27-19(12-13-24-22(17)27)20-10-6-14-29-20/h1-15H,(H,26,28). The third-order valence-electron chi connectivity index (χ3n) is 4.53. The zero-order valence-corrected chi connectivity index (χ0v) is 16.5. The fraction of sp³-hybridized carbons (Fsp3) is 0. The number of anilines is 1. The molecule has 0 radical (unpaired) electrons. The Balaban J connectivity index is 1.46. The number of nitrogens with one attached hydrogen (secondary N) is 1. The van der Waals surface area contributed by atoms with E-state index >= 15 is 0 Å². The van der Waals surface area contributed by atoms with Crippen LogP contribution in [0, 0.1) is 0 Å². The maximum absolute atomic E-state index is 13.1. The quantitative estimate of drug-likeness (QED) is 0.419. The zero-order chi connectivity index (χ0) is 20.3. The first-order chi connectivity index (χ1) is 14.8. The van der Waals surface area contributed by atoms with Crippen molar-refractivity contribution in [1.82, 2.24) is 14.6 Å². The second-order valence-electron chi connectivity index (χ2n) is 6.47. The Morgan fingerprint density at radius 3 is 2.63 bits per heavy atom. The van der Waals surface area contributed by atoms with Gasteiger partial charge in [-0.25, -0.2) is 9.50 Å². The predicted molar refractivity (Wildman–Crippen MR) is 116 cm³/mol. The van der Waals surface area contributed by atoms with Gasteiger partial charge in [-0.05, 0) is 42.5 Å². The van der Waals surface area contributed by atoms with Crippen LogP contribution >= 0.6 is 11.8 Å². The highest BCUT2D eigenvalue weighted by Crippen LogP contribution is 2.33. The average Bonchev–Trinajstić information content (AvgIpc) is 3.46. The van der Waals surface area contributed by atoms with Crippen LogP contribution in [0.25, 0.3) is 17.1 Å². The van der Waals surface area contributed by atoms with Gasteiger partial charge in [0, 0.05) is 16.0 Å². The van der Waals surface area contributed by atoms with E-state index in [1.54, 1.807) is 40.9 Å². The lowest BCUT2D eigenvalue weighted by molar-refractivity contribution is 0.102. The fourth-order valence-electron chi connectivity index (χ4n) is 3.13. The molecule has 0 saturated carbocycles. The van der Waals surface area contributed by atoms with Gasteiger partial charge in [0.15, 0.2) is 11.4 Å². The van der Waals surface area contributed by atoms with Crippen LogP contribution in [0.3, 0.4) is 0 Å². The molecule has 2 aromatic carbocycles. The first-order valence-electron chi connectivity index (χ1n) is 9.29. The van der Waals surface area contributed by atoms with E-state index in [1.807, 2.05) is 60.7 Å². The molecule has 0 unspecified atom stereocenters. The molecule has 0 bridgehead atoms. The van der Waals surface area contributed by atoms with Crippen molar-refractivity contribution in [2.75, 3.05) is 5.32 Å². The lowest BCUT2D eigenvalue weighted by Gasteiger charge is -2.10. The van der Waals surface area contributed by atoms with Crippen molar-refractivity contribution in [2.24, 2.45) is 0 Å². The molecule has 0 atom stereocenters. The molecule has 1 N–H and O–H groups in total. The van der Waals surface area contributed by atoms with E-state index in [2.05, 4.69) is 15.4 Å². The molecule has 3 aromatic heterocycles. The number of fused-ring (bicyclic) bond motifs is 1. The van der Waals surface area contributed by atoms with Crippen LogP contribution in [-0.2, 0) is 0 Å². The summed E-state index contributed by atoms with van der Waals surface area (Å²) in [5.41, 5.74) is 2.32. The number of benzene rings is 2. The van der Waals surface area contributed by atoms with E-state index in [9.17, 15) is 4.79 Å². The fourth-order valence-corrected chi connectivity index (χ4v) is 4.05. The Morgan fingerprint density at radius 1 is 0.967 bits per heavy atom. The summed E-state index contributed by atoms with van der Waals surface area (Å²) < 4.78 is 7.08. The molecule has 146 valence electrons. The van der Waals surface area contributed by atoms with Gasteiger partial charge in [-0.15, -0.1) is 0 Å².